The van der Waals surface area contributed by atoms with Gasteiger partial charge < -0.3 is 10.3 Å². The van der Waals surface area contributed by atoms with Gasteiger partial charge in [0.05, 0.1) is 5.56 Å². The van der Waals surface area contributed by atoms with E-state index in [2.05, 4.69) is 10.3 Å². The molecule has 0 unspecified atom stereocenters. The van der Waals surface area contributed by atoms with Crippen LogP contribution in [0.5, 0.6) is 0 Å². The number of anilines is 1. The number of aromatic amines is 1. The summed E-state index contributed by atoms with van der Waals surface area (Å²) < 4.78 is 38.3. The van der Waals surface area contributed by atoms with Crippen LogP contribution in [-0.2, 0) is 6.18 Å². The maximum Gasteiger partial charge on any atom is 0.416 e. The molecule has 0 bridgehead atoms. The van der Waals surface area contributed by atoms with Gasteiger partial charge in [-0.3, -0.25) is 9.59 Å². The molecule has 2 aromatic carbocycles. The topological polar surface area (TPSA) is 62.0 Å². The zero-order valence-corrected chi connectivity index (χ0v) is 14.0. The molecule has 1 amide bonds. The molecule has 1 aromatic heterocycles. The Morgan fingerprint density at radius 2 is 1.81 bits per heavy atom. The zero-order valence-electron chi connectivity index (χ0n) is 14.0. The van der Waals surface area contributed by atoms with Crippen molar-refractivity contribution in [1.29, 1.82) is 0 Å². The predicted octanol–water partition coefficient (Wildman–Crippen LogP) is 4.42. The van der Waals surface area contributed by atoms with Crippen molar-refractivity contribution >= 4 is 22.5 Å². The molecular formula is C19H15F3N2O2. The van der Waals surface area contributed by atoms with Crippen molar-refractivity contribution in [1.82, 2.24) is 4.98 Å². The molecule has 0 radical (unpaired) electrons. The fraction of sp³-hybridized carbons (Fsp3) is 0.158. The first kappa shape index (κ1) is 17.7. The highest BCUT2D eigenvalue weighted by Crippen LogP contribution is 2.30. The van der Waals surface area contributed by atoms with Crippen molar-refractivity contribution in [3.05, 3.63) is 75.1 Å². The third-order valence-corrected chi connectivity index (χ3v) is 4.08. The SMILES string of the molecule is Cc1ccc(NC(=O)c2c[nH]c3cc(C(F)(F)F)ccc3c2=O)c(C)c1. The molecule has 26 heavy (non-hydrogen) atoms. The normalized spacial score (nSPS) is 11.6. The number of carbonyl (C=O) groups is 1. The highest BCUT2D eigenvalue weighted by atomic mass is 19.4. The van der Waals surface area contributed by atoms with E-state index in [1.807, 2.05) is 26.0 Å². The van der Waals surface area contributed by atoms with Gasteiger partial charge in [0.1, 0.15) is 5.56 Å². The highest BCUT2D eigenvalue weighted by Gasteiger charge is 2.30. The number of alkyl halides is 3. The van der Waals surface area contributed by atoms with E-state index in [0.717, 1.165) is 35.5 Å². The number of H-pyrrole nitrogens is 1. The van der Waals surface area contributed by atoms with Crippen molar-refractivity contribution in [2.75, 3.05) is 5.32 Å². The van der Waals surface area contributed by atoms with E-state index < -0.39 is 23.1 Å². The summed E-state index contributed by atoms with van der Waals surface area (Å²) in [6.45, 7) is 3.74. The Morgan fingerprint density at radius 1 is 1.08 bits per heavy atom. The minimum atomic E-state index is -4.51. The van der Waals surface area contributed by atoms with Gasteiger partial charge in [0.25, 0.3) is 5.91 Å². The molecule has 1 heterocycles. The fourth-order valence-electron chi connectivity index (χ4n) is 2.71. The Morgan fingerprint density at radius 3 is 2.46 bits per heavy atom. The maximum atomic E-state index is 12.8. The van der Waals surface area contributed by atoms with Crippen LogP contribution in [-0.4, -0.2) is 10.9 Å². The number of pyridine rings is 1. The molecule has 7 heteroatoms. The van der Waals surface area contributed by atoms with Gasteiger partial charge in [0.15, 0.2) is 0 Å². The minimum Gasteiger partial charge on any atom is -0.360 e. The average Bonchev–Trinajstić information content (AvgIpc) is 2.56. The number of nitrogens with one attached hydrogen (secondary N) is 2. The molecule has 2 N–H and O–H groups in total. The third kappa shape index (κ3) is 3.33. The molecule has 0 aliphatic carbocycles. The number of hydrogen-bond donors (Lipinski definition) is 2. The second kappa shape index (κ2) is 6.33. The third-order valence-electron chi connectivity index (χ3n) is 4.08. The van der Waals surface area contributed by atoms with Gasteiger partial charge in [-0.25, -0.2) is 0 Å². The summed E-state index contributed by atoms with van der Waals surface area (Å²) in [4.78, 5) is 27.5. The highest BCUT2D eigenvalue weighted by molar-refractivity contribution is 6.06. The zero-order chi connectivity index (χ0) is 19.1. The van der Waals surface area contributed by atoms with E-state index in [1.165, 1.54) is 0 Å². The van der Waals surface area contributed by atoms with Crippen LogP contribution >= 0.6 is 0 Å². The standard InChI is InChI=1S/C19H15F3N2O2/c1-10-3-6-15(11(2)7-10)24-18(26)14-9-23-16-8-12(19(20,21)22)4-5-13(16)17(14)25/h3-9H,1-2H3,(H,23,25)(H,24,26). The quantitative estimate of drug-likeness (QED) is 0.711. The summed E-state index contributed by atoms with van der Waals surface area (Å²) in [5, 5.41) is 2.68. The van der Waals surface area contributed by atoms with E-state index in [9.17, 15) is 22.8 Å². The minimum absolute atomic E-state index is 0.0197. The molecule has 0 aliphatic heterocycles. The van der Waals surface area contributed by atoms with Crippen LogP contribution in [0.25, 0.3) is 10.9 Å². The first-order valence-electron chi connectivity index (χ1n) is 7.78. The number of rotatable bonds is 2. The molecule has 3 aromatic rings. The van der Waals surface area contributed by atoms with Gasteiger partial charge in [-0.1, -0.05) is 17.7 Å². The first-order valence-corrected chi connectivity index (χ1v) is 7.78. The van der Waals surface area contributed by atoms with Gasteiger partial charge in [-0.2, -0.15) is 13.2 Å². The molecule has 3 rings (SSSR count). The number of halogens is 3. The number of benzene rings is 2. The summed E-state index contributed by atoms with van der Waals surface area (Å²) in [5.74, 6) is -0.625. The Labute approximate surface area is 146 Å². The fourth-order valence-corrected chi connectivity index (χ4v) is 2.71. The second-order valence-electron chi connectivity index (χ2n) is 6.06. The molecule has 0 fully saturated rings. The van der Waals surface area contributed by atoms with Gasteiger partial charge in [0, 0.05) is 22.8 Å². The van der Waals surface area contributed by atoms with Gasteiger partial charge >= 0.3 is 6.18 Å². The van der Waals surface area contributed by atoms with Crippen molar-refractivity contribution in [2.24, 2.45) is 0 Å². The van der Waals surface area contributed by atoms with Crippen LogP contribution in [0.15, 0.2) is 47.4 Å². The van der Waals surface area contributed by atoms with Crippen molar-refractivity contribution < 1.29 is 18.0 Å². The molecule has 0 saturated heterocycles. The van der Waals surface area contributed by atoms with Crippen LogP contribution in [0, 0.1) is 13.8 Å². The molecule has 0 atom stereocenters. The number of carbonyl (C=O) groups excluding carboxylic acids is 1. The summed E-state index contributed by atoms with van der Waals surface area (Å²) in [5.41, 5.74) is 0.787. The summed E-state index contributed by atoms with van der Waals surface area (Å²) >= 11 is 0. The smallest absolute Gasteiger partial charge is 0.360 e. The molecule has 4 nitrogen and oxygen atoms in total. The molecule has 0 aliphatic rings. The van der Waals surface area contributed by atoms with E-state index in [0.29, 0.717) is 5.69 Å². The van der Waals surface area contributed by atoms with E-state index in [4.69, 9.17) is 0 Å². The van der Waals surface area contributed by atoms with E-state index in [1.54, 1.807) is 6.07 Å². The number of amides is 1. The van der Waals surface area contributed by atoms with Crippen LogP contribution in [0.4, 0.5) is 18.9 Å². The lowest BCUT2D eigenvalue weighted by Crippen LogP contribution is -2.22. The number of aromatic nitrogens is 1. The second-order valence-corrected chi connectivity index (χ2v) is 6.06. The molecule has 134 valence electrons. The van der Waals surface area contributed by atoms with Crippen molar-refractivity contribution in [2.45, 2.75) is 20.0 Å². The number of hydrogen-bond acceptors (Lipinski definition) is 2. The van der Waals surface area contributed by atoms with Crippen LogP contribution < -0.4 is 10.7 Å². The lowest BCUT2D eigenvalue weighted by molar-refractivity contribution is -0.137. The number of aryl methyl sites for hydroxylation is 2. The van der Waals surface area contributed by atoms with Crippen molar-refractivity contribution in [3.8, 4) is 0 Å². The maximum absolute atomic E-state index is 12.8. The average molecular weight is 360 g/mol. The Hall–Kier alpha value is -3.09. The van der Waals surface area contributed by atoms with E-state index >= 15 is 0 Å². The van der Waals surface area contributed by atoms with Crippen molar-refractivity contribution in [3.63, 3.8) is 0 Å². The Balaban J connectivity index is 1.99. The Bertz CT molecular complexity index is 1070. The number of fused-ring (bicyclic) bond motifs is 1. The molecule has 0 saturated carbocycles. The first-order chi connectivity index (χ1) is 12.2. The van der Waals surface area contributed by atoms with Gasteiger partial charge in [-0.05, 0) is 43.7 Å². The molecular weight excluding hydrogens is 345 g/mol. The molecule has 0 spiro atoms. The lowest BCUT2D eigenvalue weighted by Gasteiger charge is -2.10. The Kier molecular flexibility index (Phi) is 4.31. The summed E-state index contributed by atoms with van der Waals surface area (Å²) in [6.07, 6.45) is -3.38. The van der Waals surface area contributed by atoms with E-state index in [-0.39, 0.29) is 16.5 Å². The van der Waals surface area contributed by atoms with Gasteiger partial charge in [-0.15, -0.1) is 0 Å². The van der Waals surface area contributed by atoms with Gasteiger partial charge in [0.2, 0.25) is 5.43 Å². The van der Waals surface area contributed by atoms with Crippen LogP contribution in [0.1, 0.15) is 27.0 Å². The van der Waals surface area contributed by atoms with Crippen LogP contribution in [0.3, 0.4) is 0 Å². The predicted molar refractivity (Wildman–Crippen MR) is 93.4 cm³/mol. The summed E-state index contributed by atoms with van der Waals surface area (Å²) in [7, 11) is 0. The monoisotopic (exact) mass is 360 g/mol. The lowest BCUT2D eigenvalue weighted by atomic mass is 10.1. The summed E-state index contributed by atoms with van der Waals surface area (Å²) in [6, 6.07) is 8.19. The van der Waals surface area contributed by atoms with Crippen LogP contribution in [0.2, 0.25) is 0 Å². The largest absolute Gasteiger partial charge is 0.416 e.